The fraction of sp³-hybridized carbons (Fsp3) is 0.857. The minimum absolute atomic E-state index is 0.319. The van der Waals surface area contributed by atoms with Gasteiger partial charge in [0, 0.05) is 13.2 Å². The van der Waals surface area contributed by atoms with E-state index >= 15 is 0 Å². The lowest BCUT2D eigenvalue weighted by Gasteiger charge is -1.69. The summed E-state index contributed by atoms with van der Waals surface area (Å²) in [5.41, 5.74) is 0. The smallest absolute Gasteiger partial charge is 0.106 e. The third-order valence-corrected chi connectivity index (χ3v) is 0.447. The average molecular weight is 150 g/mol. The summed E-state index contributed by atoms with van der Waals surface area (Å²) in [6, 6.07) is 0. The molecular weight excluding hydrogens is 132 g/mol. The van der Waals surface area contributed by atoms with Gasteiger partial charge in [-0.3, -0.25) is 0 Å². The molecular formula is C7H18O3. The molecule has 3 nitrogen and oxygen atoms in total. The Morgan fingerprint density at radius 1 is 1.00 bits per heavy atom. The third kappa shape index (κ3) is 130. The second-order valence-corrected chi connectivity index (χ2v) is 1.45. The first-order valence-electron chi connectivity index (χ1n) is 3.34. The molecule has 0 aliphatic heterocycles. The van der Waals surface area contributed by atoms with E-state index in [2.05, 4.69) is 0 Å². The fourth-order valence-corrected chi connectivity index (χ4v) is 0. The van der Waals surface area contributed by atoms with Crippen molar-refractivity contribution in [2.24, 2.45) is 0 Å². The van der Waals surface area contributed by atoms with E-state index in [9.17, 15) is 0 Å². The van der Waals surface area contributed by atoms with Gasteiger partial charge in [0.25, 0.3) is 0 Å². The number of aliphatic hydroxyl groups is 2. The summed E-state index contributed by atoms with van der Waals surface area (Å²) in [6.45, 7) is 6.50. The van der Waals surface area contributed by atoms with Crippen LogP contribution in [0.4, 0.5) is 0 Å². The van der Waals surface area contributed by atoms with Crippen LogP contribution in [0.2, 0.25) is 0 Å². The topological polar surface area (TPSA) is 57.5 Å². The van der Waals surface area contributed by atoms with Gasteiger partial charge in [0.05, 0.1) is 0 Å². The quantitative estimate of drug-likeness (QED) is 0.605. The number of hydrogen-bond acceptors (Lipinski definition) is 3. The van der Waals surface area contributed by atoms with Crippen LogP contribution in [0, 0.1) is 0 Å². The van der Waals surface area contributed by atoms with Crippen molar-refractivity contribution >= 4 is 6.79 Å². The molecule has 0 heterocycles. The summed E-state index contributed by atoms with van der Waals surface area (Å²) in [7, 11) is 0. The molecule has 0 aromatic carbocycles. The number of rotatable bonds is 2. The third-order valence-electron chi connectivity index (χ3n) is 0.447. The highest BCUT2D eigenvalue weighted by Crippen LogP contribution is 1.61. The minimum Gasteiger partial charge on any atom is -0.396 e. The predicted molar refractivity (Wildman–Crippen MR) is 41.9 cm³/mol. The first-order chi connectivity index (χ1) is 4.83. The van der Waals surface area contributed by atoms with Gasteiger partial charge < -0.3 is 15.0 Å². The lowest BCUT2D eigenvalue weighted by Crippen LogP contribution is -1.69. The number of aliphatic hydroxyl groups excluding tert-OH is 2. The first-order valence-corrected chi connectivity index (χ1v) is 3.34. The van der Waals surface area contributed by atoms with Gasteiger partial charge in [0.1, 0.15) is 6.79 Å². The van der Waals surface area contributed by atoms with Crippen LogP contribution >= 0.6 is 0 Å². The normalized spacial score (nSPS) is 6.40. The Morgan fingerprint density at radius 3 is 1.10 bits per heavy atom. The standard InChI is InChI=1S/2C3H8O.CH2O/c2*1-2-3-4;1-2/h2*4H,2-3H2,1H3;1H2. The van der Waals surface area contributed by atoms with Crippen molar-refractivity contribution in [3.8, 4) is 0 Å². The van der Waals surface area contributed by atoms with Crippen LogP contribution in [0.25, 0.3) is 0 Å². The molecule has 0 unspecified atom stereocenters. The van der Waals surface area contributed by atoms with Crippen molar-refractivity contribution in [2.45, 2.75) is 26.7 Å². The van der Waals surface area contributed by atoms with Crippen molar-refractivity contribution in [3.63, 3.8) is 0 Å². The molecule has 10 heavy (non-hydrogen) atoms. The summed E-state index contributed by atoms with van der Waals surface area (Å²) in [5.74, 6) is 0. The van der Waals surface area contributed by atoms with Crippen LogP contribution in [0.1, 0.15) is 26.7 Å². The van der Waals surface area contributed by atoms with Crippen molar-refractivity contribution < 1.29 is 15.0 Å². The van der Waals surface area contributed by atoms with E-state index in [0.29, 0.717) is 13.2 Å². The summed E-state index contributed by atoms with van der Waals surface area (Å²) in [5, 5.41) is 15.8. The zero-order valence-corrected chi connectivity index (χ0v) is 6.84. The van der Waals surface area contributed by atoms with Gasteiger partial charge in [-0.1, -0.05) is 13.8 Å². The van der Waals surface area contributed by atoms with Crippen molar-refractivity contribution in [3.05, 3.63) is 0 Å². The largest absolute Gasteiger partial charge is 0.396 e. The van der Waals surface area contributed by atoms with Gasteiger partial charge in [0.2, 0.25) is 0 Å². The first kappa shape index (κ1) is 16.3. The van der Waals surface area contributed by atoms with E-state index in [0.717, 1.165) is 12.8 Å². The Kier molecular flexibility index (Phi) is 62.6. The maximum Gasteiger partial charge on any atom is 0.106 e. The van der Waals surface area contributed by atoms with E-state index in [-0.39, 0.29) is 0 Å². The number of carbonyl (C=O) groups excluding carboxylic acids is 1. The highest BCUT2D eigenvalue weighted by molar-refractivity contribution is 5.10. The summed E-state index contributed by atoms with van der Waals surface area (Å²) < 4.78 is 0. The van der Waals surface area contributed by atoms with E-state index in [1.54, 1.807) is 0 Å². The lowest BCUT2D eigenvalue weighted by atomic mass is 10.5. The molecule has 0 saturated heterocycles. The van der Waals surface area contributed by atoms with Crippen molar-refractivity contribution in [1.82, 2.24) is 0 Å². The fourth-order valence-electron chi connectivity index (χ4n) is 0. The maximum atomic E-state index is 8.00. The molecule has 0 aromatic heterocycles. The van der Waals surface area contributed by atoms with Crippen LogP contribution in [0.5, 0.6) is 0 Å². The second-order valence-electron chi connectivity index (χ2n) is 1.45. The molecule has 3 heteroatoms. The lowest BCUT2D eigenvalue weighted by molar-refractivity contribution is -0.0979. The van der Waals surface area contributed by atoms with E-state index in [4.69, 9.17) is 15.0 Å². The molecule has 0 bridgehead atoms. The van der Waals surface area contributed by atoms with Gasteiger partial charge in [-0.25, -0.2) is 0 Å². The number of hydrogen-bond donors (Lipinski definition) is 2. The van der Waals surface area contributed by atoms with E-state index < -0.39 is 0 Å². The van der Waals surface area contributed by atoms with Gasteiger partial charge in [-0.15, -0.1) is 0 Å². The van der Waals surface area contributed by atoms with Crippen LogP contribution in [-0.4, -0.2) is 30.2 Å². The summed E-state index contributed by atoms with van der Waals surface area (Å²) in [6.07, 6.45) is 1.75. The molecule has 0 spiro atoms. The van der Waals surface area contributed by atoms with Gasteiger partial charge in [-0.2, -0.15) is 0 Å². The molecule has 0 aliphatic rings. The molecule has 0 saturated carbocycles. The average Bonchev–Trinajstić information content (AvgIpc) is 2.08. The minimum atomic E-state index is 0.319. The summed E-state index contributed by atoms with van der Waals surface area (Å²) >= 11 is 0. The molecule has 0 radical (unpaired) electrons. The summed E-state index contributed by atoms with van der Waals surface area (Å²) in [4.78, 5) is 8.00. The molecule has 0 aromatic rings. The molecule has 0 amide bonds. The zero-order chi connectivity index (χ0) is 8.83. The predicted octanol–water partition coefficient (Wildman–Crippen LogP) is 0.593. The van der Waals surface area contributed by atoms with Gasteiger partial charge in [-0.05, 0) is 12.8 Å². The Bertz CT molecular complexity index is 24.0. The molecule has 2 N–H and O–H groups in total. The Labute approximate surface area is 62.7 Å². The molecule has 0 atom stereocenters. The van der Waals surface area contributed by atoms with Gasteiger partial charge in [0.15, 0.2) is 0 Å². The van der Waals surface area contributed by atoms with Gasteiger partial charge >= 0.3 is 0 Å². The maximum absolute atomic E-state index is 8.00. The molecule has 0 fully saturated rings. The Morgan fingerprint density at radius 2 is 1.10 bits per heavy atom. The number of carbonyl (C=O) groups is 1. The Balaban J connectivity index is -0.0000000787. The van der Waals surface area contributed by atoms with E-state index in [1.165, 1.54) is 0 Å². The van der Waals surface area contributed by atoms with Crippen LogP contribution in [0.3, 0.4) is 0 Å². The van der Waals surface area contributed by atoms with E-state index in [1.807, 2.05) is 20.6 Å². The molecule has 0 rings (SSSR count). The monoisotopic (exact) mass is 150 g/mol. The SMILES string of the molecule is C=O.CCCO.CCCO. The molecule has 0 aliphatic carbocycles. The van der Waals surface area contributed by atoms with Crippen LogP contribution in [0.15, 0.2) is 0 Å². The zero-order valence-electron chi connectivity index (χ0n) is 6.84. The Hall–Kier alpha value is -0.410. The van der Waals surface area contributed by atoms with Crippen molar-refractivity contribution in [2.75, 3.05) is 13.2 Å². The molecule has 64 valence electrons. The van der Waals surface area contributed by atoms with Crippen molar-refractivity contribution in [1.29, 1.82) is 0 Å². The van der Waals surface area contributed by atoms with Crippen LogP contribution in [-0.2, 0) is 4.79 Å². The second kappa shape index (κ2) is 38.4. The highest BCUT2D eigenvalue weighted by atomic mass is 16.3. The highest BCUT2D eigenvalue weighted by Gasteiger charge is 1.57. The van der Waals surface area contributed by atoms with Crippen LogP contribution < -0.4 is 0 Å².